The number of amides is 1. The molecule has 0 bridgehead atoms. The normalized spacial score (nSPS) is 15.5. The van der Waals surface area contributed by atoms with Crippen molar-refractivity contribution in [1.29, 1.82) is 0 Å². The van der Waals surface area contributed by atoms with Gasteiger partial charge in [0.05, 0.1) is 17.6 Å². The van der Waals surface area contributed by atoms with Gasteiger partial charge in [-0.1, -0.05) is 54.1 Å². The standard InChI is InChI=1S/C32H35N3O2/c1-4-11-25-12-5-8-15-30(25)37-19-10-9-18-34-29-14-7-6-13-27(29)33-32(34)26-21-31(36)35(22-26)28-17-16-23(2)20-24(28)3/h4-8,12-17,20,26H,1,9-11,18-19,21-22H2,2-3H3. The van der Waals surface area contributed by atoms with Gasteiger partial charge in [-0.05, 0) is 68.5 Å². The maximum atomic E-state index is 13.1. The van der Waals surface area contributed by atoms with Crippen LogP contribution >= 0.6 is 0 Å². The Balaban J connectivity index is 1.29. The van der Waals surface area contributed by atoms with E-state index in [9.17, 15) is 4.79 Å². The molecule has 0 aliphatic carbocycles. The van der Waals surface area contributed by atoms with Crippen LogP contribution in [0.1, 0.15) is 47.7 Å². The second-order valence-electron chi connectivity index (χ2n) is 9.96. The third kappa shape index (κ3) is 5.31. The van der Waals surface area contributed by atoms with Gasteiger partial charge < -0.3 is 14.2 Å². The minimum absolute atomic E-state index is 0.0719. The number of nitrogens with zero attached hydrogens (tertiary/aromatic N) is 3. The summed E-state index contributed by atoms with van der Waals surface area (Å²) >= 11 is 0. The minimum atomic E-state index is 0.0719. The fourth-order valence-corrected chi connectivity index (χ4v) is 5.39. The molecule has 1 fully saturated rings. The summed E-state index contributed by atoms with van der Waals surface area (Å²) < 4.78 is 8.42. The molecular weight excluding hydrogens is 458 g/mol. The molecule has 1 atom stereocenters. The van der Waals surface area contributed by atoms with E-state index in [2.05, 4.69) is 67.5 Å². The number of benzene rings is 3. The highest BCUT2D eigenvalue weighted by Crippen LogP contribution is 2.35. The van der Waals surface area contributed by atoms with Crippen molar-refractivity contribution in [2.45, 2.75) is 52.0 Å². The van der Waals surface area contributed by atoms with E-state index in [-0.39, 0.29) is 11.8 Å². The molecule has 1 aliphatic heterocycles. The topological polar surface area (TPSA) is 47.4 Å². The molecule has 5 heteroatoms. The molecule has 0 radical (unpaired) electrons. The predicted octanol–water partition coefficient (Wildman–Crippen LogP) is 6.76. The van der Waals surface area contributed by atoms with Crippen LogP contribution in [-0.2, 0) is 17.8 Å². The van der Waals surface area contributed by atoms with Crippen molar-refractivity contribution < 1.29 is 9.53 Å². The number of anilines is 1. The lowest BCUT2D eigenvalue weighted by molar-refractivity contribution is -0.117. The number of aryl methyl sites for hydroxylation is 3. The van der Waals surface area contributed by atoms with Gasteiger partial charge in [0.1, 0.15) is 11.6 Å². The van der Waals surface area contributed by atoms with Crippen LogP contribution < -0.4 is 9.64 Å². The van der Waals surface area contributed by atoms with Crippen LogP contribution in [-0.4, -0.2) is 28.6 Å². The Labute approximate surface area is 219 Å². The van der Waals surface area contributed by atoms with Gasteiger partial charge in [-0.15, -0.1) is 6.58 Å². The van der Waals surface area contributed by atoms with Gasteiger partial charge in [-0.25, -0.2) is 4.98 Å². The lowest BCUT2D eigenvalue weighted by atomic mass is 10.1. The first-order valence-electron chi connectivity index (χ1n) is 13.2. The molecule has 190 valence electrons. The van der Waals surface area contributed by atoms with E-state index in [1.54, 1.807) is 0 Å². The lowest BCUT2D eigenvalue weighted by Gasteiger charge is -2.20. The molecule has 0 saturated carbocycles. The molecule has 1 amide bonds. The van der Waals surface area contributed by atoms with Crippen LogP contribution in [0.2, 0.25) is 0 Å². The molecule has 2 heterocycles. The summed E-state index contributed by atoms with van der Waals surface area (Å²) in [6, 6.07) is 22.7. The number of carbonyl (C=O) groups is 1. The van der Waals surface area contributed by atoms with Crippen molar-refractivity contribution >= 4 is 22.6 Å². The summed E-state index contributed by atoms with van der Waals surface area (Å²) in [6.45, 7) is 10.2. The molecule has 0 N–H and O–H groups in total. The van der Waals surface area contributed by atoms with E-state index in [0.29, 0.717) is 19.6 Å². The molecule has 1 saturated heterocycles. The highest BCUT2D eigenvalue weighted by Gasteiger charge is 2.35. The lowest BCUT2D eigenvalue weighted by Crippen LogP contribution is -2.25. The number of unbranched alkanes of at least 4 members (excludes halogenated alkanes) is 1. The SMILES string of the molecule is C=CCc1ccccc1OCCCCn1c(C2CC(=O)N(c3ccc(C)cc3C)C2)nc2ccccc21. The van der Waals surface area contributed by atoms with Gasteiger partial charge in [0.15, 0.2) is 0 Å². The Morgan fingerprint density at radius 1 is 1.05 bits per heavy atom. The van der Waals surface area contributed by atoms with Gasteiger partial charge in [0.2, 0.25) is 5.91 Å². The van der Waals surface area contributed by atoms with Crippen molar-refractivity contribution in [3.8, 4) is 5.75 Å². The number of rotatable bonds is 10. The van der Waals surface area contributed by atoms with Gasteiger partial charge in [-0.2, -0.15) is 0 Å². The molecule has 0 spiro atoms. The van der Waals surface area contributed by atoms with Gasteiger partial charge in [0, 0.05) is 31.1 Å². The molecule has 5 nitrogen and oxygen atoms in total. The predicted molar refractivity (Wildman–Crippen MR) is 150 cm³/mol. The molecule has 1 aromatic heterocycles. The first kappa shape index (κ1) is 24.8. The molecule has 1 unspecified atom stereocenters. The van der Waals surface area contributed by atoms with Crippen LogP contribution in [0.25, 0.3) is 11.0 Å². The van der Waals surface area contributed by atoms with E-state index in [1.807, 2.05) is 35.2 Å². The average Bonchev–Trinajstić information content (AvgIpc) is 3.45. The van der Waals surface area contributed by atoms with Crippen molar-refractivity contribution in [2.75, 3.05) is 18.1 Å². The van der Waals surface area contributed by atoms with Crippen molar-refractivity contribution in [3.63, 3.8) is 0 Å². The Kier molecular flexibility index (Phi) is 7.40. The highest BCUT2D eigenvalue weighted by molar-refractivity contribution is 5.97. The summed E-state index contributed by atoms with van der Waals surface area (Å²) in [4.78, 5) is 20.1. The van der Waals surface area contributed by atoms with Gasteiger partial charge >= 0.3 is 0 Å². The summed E-state index contributed by atoms with van der Waals surface area (Å²) in [6.07, 6.45) is 5.10. The van der Waals surface area contributed by atoms with Crippen LogP contribution in [0.5, 0.6) is 5.75 Å². The van der Waals surface area contributed by atoms with Crippen LogP contribution in [0.15, 0.2) is 79.4 Å². The fourth-order valence-electron chi connectivity index (χ4n) is 5.39. The monoisotopic (exact) mass is 493 g/mol. The Morgan fingerprint density at radius 2 is 1.86 bits per heavy atom. The smallest absolute Gasteiger partial charge is 0.227 e. The Bertz CT molecular complexity index is 1420. The second-order valence-corrected chi connectivity index (χ2v) is 9.96. The van der Waals surface area contributed by atoms with E-state index < -0.39 is 0 Å². The quantitative estimate of drug-likeness (QED) is 0.181. The molecular formula is C32H35N3O2. The van der Waals surface area contributed by atoms with Crippen LogP contribution in [0.3, 0.4) is 0 Å². The van der Waals surface area contributed by atoms with Gasteiger partial charge in [0.25, 0.3) is 0 Å². The Morgan fingerprint density at radius 3 is 2.70 bits per heavy atom. The third-order valence-electron chi connectivity index (χ3n) is 7.19. The van der Waals surface area contributed by atoms with Crippen molar-refractivity contribution in [2.24, 2.45) is 0 Å². The first-order chi connectivity index (χ1) is 18.0. The van der Waals surface area contributed by atoms with E-state index in [0.717, 1.165) is 59.7 Å². The van der Waals surface area contributed by atoms with E-state index in [1.165, 1.54) is 11.1 Å². The summed E-state index contributed by atoms with van der Waals surface area (Å²) in [7, 11) is 0. The molecule has 4 aromatic rings. The fraction of sp³-hybridized carbons (Fsp3) is 0.312. The number of hydrogen-bond donors (Lipinski definition) is 0. The summed E-state index contributed by atoms with van der Waals surface area (Å²) in [5.41, 5.74) is 6.64. The maximum absolute atomic E-state index is 13.1. The number of carbonyl (C=O) groups excluding carboxylic acids is 1. The molecule has 37 heavy (non-hydrogen) atoms. The zero-order valence-corrected chi connectivity index (χ0v) is 21.8. The zero-order chi connectivity index (χ0) is 25.8. The Hall–Kier alpha value is -3.86. The minimum Gasteiger partial charge on any atom is -0.493 e. The maximum Gasteiger partial charge on any atom is 0.227 e. The number of ether oxygens (including phenoxy) is 1. The highest BCUT2D eigenvalue weighted by atomic mass is 16.5. The van der Waals surface area contributed by atoms with E-state index in [4.69, 9.17) is 9.72 Å². The average molecular weight is 494 g/mol. The molecule has 3 aromatic carbocycles. The first-order valence-corrected chi connectivity index (χ1v) is 13.2. The summed E-state index contributed by atoms with van der Waals surface area (Å²) in [5, 5.41) is 0. The number of imidazole rings is 1. The van der Waals surface area contributed by atoms with Crippen LogP contribution in [0, 0.1) is 13.8 Å². The van der Waals surface area contributed by atoms with Crippen molar-refractivity contribution in [3.05, 3.63) is 102 Å². The number of para-hydroxylation sites is 3. The number of hydrogen-bond acceptors (Lipinski definition) is 3. The van der Waals surface area contributed by atoms with Gasteiger partial charge in [-0.3, -0.25) is 4.79 Å². The van der Waals surface area contributed by atoms with Crippen LogP contribution in [0.4, 0.5) is 5.69 Å². The van der Waals surface area contributed by atoms with Crippen molar-refractivity contribution in [1.82, 2.24) is 9.55 Å². The number of allylic oxidation sites excluding steroid dienone is 1. The molecule has 1 aliphatic rings. The van der Waals surface area contributed by atoms with E-state index >= 15 is 0 Å². The zero-order valence-electron chi connectivity index (χ0n) is 21.8. The summed E-state index contributed by atoms with van der Waals surface area (Å²) in [5.74, 6) is 2.19. The second kappa shape index (κ2) is 11.0. The largest absolute Gasteiger partial charge is 0.493 e. The molecule has 5 rings (SSSR count). The third-order valence-corrected chi connectivity index (χ3v) is 7.19. The number of aromatic nitrogens is 2. The number of fused-ring (bicyclic) bond motifs is 1.